The third kappa shape index (κ3) is 3.15. The van der Waals surface area contributed by atoms with E-state index in [0.717, 1.165) is 24.3 Å². The van der Waals surface area contributed by atoms with Gasteiger partial charge in [-0.25, -0.2) is 4.98 Å². The molecular weight excluding hydrogens is 222 g/mol. The number of rotatable bonds is 6. The summed E-state index contributed by atoms with van der Waals surface area (Å²) in [5.74, 6) is 2.27. The number of methoxy groups -OCH3 is 1. The highest BCUT2D eigenvalue weighted by Crippen LogP contribution is 2.28. The molecule has 1 unspecified atom stereocenters. The molecule has 0 amide bonds. The lowest BCUT2D eigenvalue weighted by Crippen LogP contribution is -2.15. The average Bonchev–Trinajstić information content (AvgIpc) is 2.92. The minimum Gasteiger partial charge on any atom is -0.383 e. The van der Waals surface area contributed by atoms with Gasteiger partial charge in [-0.05, 0) is 18.6 Å². The number of thioether (sulfide) groups is 1. The van der Waals surface area contributed by atoms with Crippen LogP contribution in [0.4, 0.5) is 5.95 Å². The van der Waals surface area contributed by atoms with Crippen LogP contribution >= 0.6 is 11.8 Å². The van der Waals surface area contributed by atoms with Crippen molar-refractivity contribution in [1.82, 2.24) is 9.55 Å². The minimum atomic E-state index is 0.713. The van der Waals surface area contributed by atoms with Crippen molar-refractivity contribution in [2.45, 2.75) is 24.6 Å². The van der Waals surface area contributed by atoms with Crippen molar-refractivity contribution in [2.75, 3.05) is 31.3 Å². The second-order valence-corrected chi connectivity index (χ2v) is 5.37. The number of nitrogens with zero attached hydrogens (tertiary/aromatic N) is 2. The van der Waals surface area contributed by atoms with Crippen LogP contribution in [-0.2, 0) is 11.3 Å². The Hall–Kier alpha value is -0.680. The summed E-state index contributed by atoms with van der Waals surface area (Å²) in [7, 11) is 1.71. The fourth-order valence-electron chi connectivity index (χ4n) is 1.90. The monoisotopic (exact) mass is 241 g/mol. The van der Waals surface area contributed by atoms with E-state index in [1.54, 1.807) is 7.11 Å². The molecule has 0 saturated carbocycles. The molecular formula is C11H19N3OS. The maximum absolute atomic E-state index is 5.01. The summed E-state index contributed by atoms with van der Waals surface area (Å²) in [6.07, 6.45) is 6.60. The Morgan fingerprint density at radius 2 is 2.62 bits per heavy atom. The summed E-state index contributed by atoms with van der Waals surface area (Å²) in [6.45, 7) is 2.59. The maximum Gasteiger partial charge on any atom is 0.202 e. The van der Waals surface area contributed by atoms with Crippen molar-refractivity contribution in [3.05, 3.63) is 12.4 Å². The first-order chi connectivity index (χ1) is 7.90. The molecule has 2 heterocycles. The molecule has 5 heteroatoms. The number of nitrogens with one attached hydrogen (secondary N) is 1. The molecule has 0 aromatic carbocycles. The Bertz CT molecular complexity index is 310. The van der Waals surface area contributed by atoms with Crippen LogP contribution in [0.25, 0.3) is 0 Å². The molecule has 4 nitrogen and oxygen atoms in total. The number of hydrogen-bond donors (Lipinski definition) is 1. The molecule has 0 spiro atoms. The number of aromatic nitrogens is 2. The molecule has 1 aromatic rings. The van der Waals surface area contributed by atoms with Crippen molar-refractivity contribution < 1.29 is 4.74 Å². The molecule has 1 aliphatic heterocycles. The van der Waals surface area contributed by atoms with E-state index in [4.69, 9.17) is 4.74 Å². The van der Waals surface area contributed by atoms with E-state index in [1.807, 2.05) is 12.4 Å². The van der Waals surface area contributed by atoms with Crippen molar-refractivity contribution in [3.63, 3.8) is 0 Å². The Morgan fingerprint density at radius 1 is 1.69 bits per heavy atom. The lowest BCUT2D eigenvalue weighted by molar-refractivity contribution is 0.210. The van der Waals surface area contributed by atoms with Crippen molar-refractivity contribution in [1.29, 1.82) is 0 Å². The summed E-state index contributed by atoms with van der Waals surface area (Å²) in [5, 5.41) is 4.05. The predicted octanol–water partition coefficient (Wildman–Crippen LogP) is 1.84. The van der Waals surface area contributed by atoms with Gasteiger partial charge in [0.1, 0.15) is 0 Å². The summed E-state index contributed by atoms with van der Waals surface area (Å²) in [4.78, 5) is 4.32. The fourth-order valence-corrected chi connectivity index (χ4v) is 3.16. The molecule has 1 aliphatic rings. The zero-order chi connectivity index (χ0) is 11.2. The van der Waals surface area contributed by atoms with Crippen LogP contribution in [-0.4, -0.2) is 40.8 Å². The first-order valence-electron chi connectivity index (χ1n) is 5.75. The van der Waals surface area contributed by atoms with Gasteiger partial charge in [0.25, 0.3) is 0 Å². The van der Waals surface area contributed by atoms with E-state index in [1.165, 1.54) is 18.6 Å². The summed E-state index contributed by atoms with van der Waals surface area (Å²) < 4.78 is 7.22. The SMILES string of the molecule is COCCNc1nccn1CC1CCCS1. The highest BCUT2D eigenvalue weighted by atomic mass is 32.2. The Balaban J connectivity index is 1.85. The van der Waals surface area contributed by atoms with Gasteiger partial charge in [0.05, 0.1) is 6.61 Å². The number of imidazole rings is 1. The van der Waals surface area contributed by atoms with E-state index in [0.29, 0.717) is 6.61 Å². The van der Waals surface area contributed by atoms with Gasteiger partial charge >= 0.3 is 0 Å². The topological polar surface area (TPSA) is 39.1 Å². The fraction of sp³-hybridized carbons (Fsp3) is 0.727. The van der Waals surface area contributed by atoms with Crippen molar-refractivity contribution >= 4 is 17.7 Å². The van der Waals surface area contributed by atoms with E-state index in [2.05, 4.69) is 26.6 Å². The molecule has 1 fully saturated rings. The van der Waals surface area contributed by atoms with E-state index in [-0.39, 0.29) is 0 Å². The van der Waals surface area contributed by atoms with Gasteiger partial charge in [-0.3, -0.25) is 0 Å². The summed E-state index contributed by atoms with van der Waals surface area (Å²) >= 11 is 2.08. The van der Waals surface area contributed by atoms with Gasteiger partial charge in [0.2, 0.25) is 5.95 Å². The largest absolute Gasteiger partial charge is 0.383 e. The molecule has 16 heavy (non-hydrogen) atoms. The first kappa shape index (κ1) is 11.8. The molecule has 0 bridgehead atoms. The second-order valence-electron chi connectivity index (χ2n) is 3.96. The van der Waals surface area contributed by atoms with Crippen LogP contribution in [0.5, 0.6) is 0 Å². The van der Waals surface area contributed by atoms with Gasteiger partial charge in [-0.2, -0.15) is 11.8 Å². The lowest BCUT2D eigenvalue weighted by atomic mass is 10.2. The molecule has 1 saturated heterocycles. The van der Waals surface area contributed by atoms with Crippen LogP contribution in [0.15, 0.2) is 12.4 Å². The smallest absolute Gasteiger partial charge is 0.202 e. The maximum atomic E-state index is 5.01. The molecule has 90 valence electrons. The van der Waals surface area contributed by atoms with Gasteiger partial charge in [-0.1, -0.05) is 0 Å². The zero-order valence-electron chi connectivity index (χ0n) is 9.69. The van der Waals surface area contributed by atoms with E-state index in [9.17, 15) is 0 Å². The van der Waals surface area contributed by atoms with E-state index >= 15 is 0 Å². The number of ether oxygens (including phenoxy) is 1. The van der Waals surface area contributed by atoms with Crippen molar-refractivity contribution in [2.24, 2.45) is 0 Å². The van der Waals surface area contributed by atoms with Crippen LogP contribution < -0.4 is 5.32 Å². The highest BCUT2D eigenvalue weighted by molar-refractivity contribution is 8.00. The van der Waals surface area contributed by atoms with Crippen molar-refractivity contribution in [3.8, 4) is 0 Å². The lowest BCUT2D eigenvalue weighted by Gasteiger charge is -2.13. The van der Waals surface area contributed by atoms with Gasteiger partial charge in [-0.15, -0.1) is 0 Å². The zero-order valence-corrected chi connectivity index (χ0v) is 10.5. The Kier molecular flexibility index (Phi) is 4.54. The molecule has 1 N–H and O–H groups in total. The standard InChI is InChI=1S/C11H19N3OS/c1-15-7-5-13-11-12-4-6-14(11)9-10-3-2-8-16-10/h4,6,10H,2-3,5,7-9H2,1H3,(H,12,13). The molecule has 0 aliphatic carbocycles. The number of anilines is 1. The molecule has 0 radical (unpaired) electrons. The molecule has 1 atom stereocenters. The second kappa shape index (κ2) is 6.15. The number of hydrogen-bond acceptors (Lipinski definition) is 4. The van der Waals surface area contributed by atoms with Gasteiger partial charge < -0.3 is 14.6 Å². The van der Waals surface area contributed by atoms with Gasteiger partial charge in [0, 0.05) is 37.8 Å². The highest BCUT2D eigenvalue weighted by Gasteiger charge is 2.17. The molecule has 1 aromatic heterocycles. The Labute approximate surface area is 101 Å². The van der Waals surface area contributed by atoms with Gasteiger partial charge in [0.15, 0.2) is 0 Å². The minimum absolute atomic E-state index is 0.713. The average molecular weight is 241 g/mol. The third-order valence-electron chi connectivity index (χ3n) is 2.73. The van der Waals surface area contributed by atoms with Crippen LogP contribution in [0.2, 0.25) is 0 Å². The molecule has 2 rings (SSSR count). The van der Waals surface area contributed by atoms with Crippen LogP contribution in [0.1, 0.15) is 12.8 Å². The summed E-state index contributed by atoms with van der Waals surface area (Å²) in [6, 6.07) is 0. The summed E-state index contributed by atoms with van der Waals surface area (Å²) in [5.41, 5.74) is 0. The van der Waals surface area contributed by atoms with Crippen LogP contribution in [0, 0.1) is 0 Å². The first-order valence-corrected chi connectivity index (χ1v) is 6.80. The van der Waals surface area contributed by atoms with Crippen LogP contribution in [0.3, 0.4) is 0 Å². The Morgan fingerprint density at radius 3 is 3.38 bits per heavy atom. The third-order valence-corrected chi connectivity index (χ3v) is 4.11. The quantitative estimate of drug-likeness (QED) is 0.771. The van der Waals surface area contributed by atoms with E-state index < -0.39 is 0 Å². The predicted molar refractivity (Wildman–Crippen MR) is 68.1 cm³/mol. The normalized spacial score (nSPS) is 20.2.